The Labute approximate surface area is 176 Å². The van der Waals surface area contributed by atoms with E-state index < -0.39 is 16.1 Å². The average Bonchev–Trinajstić information content (AvgIpc) is 3.17. The maximum absolute atomic E-state index is 13.1. The van der Waals surface area contributed by atoms with E-state index in [2.05, 4.69) is 4.72 Å². The summed E-state index contributed by atoms with van der Waals surface area (Å²) in [6, 6.07) is 9.11. The molecule has 0 aromatic heterocycles. The van der Waals surface area contributed by atoms with Crippen LogP contribution in [0.25, 0.3) is 0 Å². The lowest BCUT2D eigenvalue weighted by atomic mass is 10.1. The molecule has 0 bridgehead atoms. The molecule has 0 spiro atoms. The highest BCUT2D eigenvalue weighted by Gasteiger charge is 2.27. The number of rotatable bonds is 8. The minimum absolute atomic E-state index is 0.0479. The van der Waals surface area contributed by atoms with Crippen molar-refractivity contribution in [2.24, 2.45) is 0 Å². The minimum atomic E-state index is -3.89. The normalized spacial score (nSPS) is 15.2. The topological polar surface area (TPSA) is 94.2 Å². The summed E-state index contributed by atoms with van der Waals surface area (Å²) in [5, 5.41) is 0. The molecule has 1 aliphatic heterocycles. The summed E-state index contributed by atoms with van der Waals surface area (Å²) in [7, 11) is 0.666. The lowest BCUT2D eigenvalue weighted by Crippen LogP contribution is -2.28. The monoisotopic (exact) mass is 434 g/mol. The van der Waals surface area contributed by atoms with Crippen molar-refractivity contribution in [1.82, 2.24) is 4.72 Å². The third-order valence-electron chi connectivity index (χ3n) is 5.06. The summed E-state index contributed by atoms with van der Waals surface area (Å²) in [4.78, 5) is 13.8. The van der Waals surface area contributed by atoms with Gasteiger partial charge in [0.25, 0.3) is 0 Å². The van der Waals surface area contributed by atoms with Crippen LogP contribution in [0.15, 0.2) is 41.3 Å². The molecule has 1 N–H and O–H groups in total. The third kappa shape index (κ3) is 4.36. The van der Waals surface area contributed by atoms with E-state index in [1.165, 1.54) is 26.4 Å². The van der Waals surface area contributed by atoms with Gasteiger partial charge in [-0.2, -0.15) is 0 Å². The number of hydrogen-bond donors (Lipinski definition) is 1. The van der Waals surface area contributed by atoms with Crippen LogP contribution in [-0.4, -0.2) is 42.2 Å². The van der Waals surface area contributed by atoms with Crippen molar-refractivity contribution in [2.75, 3.05) is 32.8 Å². The molecule has 2 aromatic carbocycles. The van der Waals surface area contributed by atoms with Gasteiger partial charge < -0.3 is 19.1 Å². The van der Waals surface area contributed by atoms with Gasteiger partial charge in [-0.15, -0.1) is 0 Å². The summed E-state index contributed by atoms with van der Waals surface area (Å²) < 4.78 is 44.8. The fraction of sp³-hybridized carbons (Fsp3) is 0.381. The Bertz CT molecular complexity index is 1040. The van der Waals surface area contributed by atoms with Gasteiger partial charge in [0.15, 0.2) is 0 Å². The molecule has 1 saturated heterocycles. The summed E-state index contributed by atoms with van der Waals surface area (Å²) >= 11 is 0. The first-order valence-electron chi connectivity index (χ1n) is 9.53. The van der Waals surface area contributed by atoms with E-state index in [0.717, 1.165) is 6.42 Å². The van der Waals surface area contributed by atoms with Crippen molar-refractivity contribution in [3.63, 3.8) is 0 Å². The fourth-order valence-corrected chi connectivity index (χ4v) is 4.74. The number of nitrogens with one attached hydrogen (secondary N) is 1. The van der Waals surface area contributed by atoms with E-state index in [-0.39, 0.29) is 10.8 Å². The number of ether oxygens (including phenoxy) is 3. The lowest BCUT2D eigenvalue weighted by Gasteiger charge is -2.21. The van der Waals surface area contributed by atoms with Crippen molar-refractivity contribution in [3.8, 4) is 17.2 Å². The van der Waals surface area contributed by atoms with Crippen LogP contribution in [-0.2, 0) is 14.8 Å². The van der Waals surface area contributed by atoms with Gasteiger partial charge in [-0.25, -0.2) is 13.1 Å². The second kappa shape index (κ2) is 8.93. The quantitative estimate of drug-likeness (QED) is 0.687. The van der Waals surface area contributed by atoms with Crippen LogP contribution in [0, 0.1) is 0 Å². The van der Waals surface area contributed by atoms with Gasteiger partial charge >= 0.3 is 0 Å². The summed E-state index contributed by atoms with van der Waals surface area (Å²) in [5.74, 6) is 1.54. The predicted octanol–water partition coefficient (Wildman–Crippen LogP) is 2.88. The Morgan fingerprint density at radius 1 is 1.00 bits per heavy atom. The van der Waals surface area contributed by atoms with Gasteiger partial charge in [0.1, 0.15) is 17.2 Å². The van der Waals surface area contributed by atoms with Gasteiger partial charge in [-0.1, -0.05) is 0 Å². The standard InChI is InChI=1S/C21H26N2O6S/c1-14(17-12-15(27-2)7-9-19(17)28-3)22-30(25,26)16-8-10-20(29-4)18(13-16)23-11-5-6-21(23)24/h7-10,12-14,22H,5-6,11H2,1-4H3/t14-/m0/s1. The first-order chi connectivity index (χ1) is 14.3. The predicted molar refractivity (Wildman–Crippen MR) is 113 cm³/mol. The van der Waals surface area contributed by atoms with Gasteiger partial charge in [0.2, 0.25) is 15.9 Å². The number of amides is 1. The van der Waals surface area contributed by atoms with Crippen molar-refractivity contribution >= 4 is 21.6 Å². The van der Waals surface area contributed by atoms with Gasteiger partial charge in [0.05, 0.1) is 31.9 Å². The number of sulfonamides is 1. The van der Waals surface area contributed by atoms with Crippen LogP contribution in [0.3, 0.4) is 0 Å². The number of anilines is 1. The van der Waals surface area contributed by atoms with Crippen molar-refractivity contribution in [1.29, 1.82) is 0 Å². The van der Waals surface area contributed by atoms with Crippen LogP contribution < -0.4 is 23.8 Å². The van der Waals surface area contributed by atoms with E-state index >= 15 is 0 Å². The molecule has 8 nitrogen and oxygen atoms in total. The summed E-state index contributed by atoms with van der Waals surface area (Å²) in [5.41, 5.74) is 1.10. The second-order valence-corrected chi connectivity index (χ2v) is 8.65. The number of carbonyl (C=O) groups is 1. The molecule has 1 heterocycles. The second-order valence-electron chi connectivity index (χ2n) is 6.93. The van der Waals surface area contributed by atoms with Crippen LogP contribution in [0.2, 0.25) is 0 Å². The van der Waals surface area contributed by atoms with Crippen molar-refractivity contribution < 1.29 is 27.4 Å². The molecule has 2 aromatic rings. The molecule has 0 saturated carbocycles. The Morgan fingerprint density at radius 2 is 1.70 bits per heavy atom. The smallest absolute Gasteiger partial charge is 0.241 e. The van der Waals surface area contributed by atoms with Crippen LogP contribution in [0.1, 0.15) is 31.4 Å². The van der Waals surface area contributed by atoms with Gasteiger partial charge in [-0.05, 0) is 49.7 Å². The van der Waals surface area contributed by atoms with Crippen molar-refractivity contribution in [2.45, 2.75) is 30.7 Å². The largest absolute Gasteiger partial charge is 0.497 e. The molecule has 9 heteroatoms. The van der Waals surface area contributed by atoms with E-state index in [9.17, 15) is 13.2 Å². The Morgan fingerprint density at radius 3 is 2.30 bits per heavy atom. The van der Waals surface area contributed by atoms with E-state index in [1.807, 2.05) is 0 Å². The summed E-state index contributed by atoms with van der Waals surface area (Å²) in [6.45, 7) is 2.26. The highest BCUT2D eigenvalue weighted by molar-refractivity contribution is 7.89. The van der Waals surface area contributed by atoms with E-state index in [4.69, 9.17) is 14.2 Å². The maximum atomic E-state index is 13.1. The third-order valence-corrected chi connectivity index (χ3v) is 6.60. The molecule has 0 radical (unpaired) electrons. The van der Waals surface area contributed by atoms with Gasteiger partial charge in [-0.3, -0.25) is 4.79 Å². The van der Waals surface area contributed by atoms with Crippen LogP contribution in [0.5, 0.6) is 17.2 Å². The molecule has 1 atom stereocenters. The lowest BCUT2D eigenvalue weighted by molar-refractivity contribution is -0.117. The molecular formula is C21H26N2O6S. The molecule has 162 valence electrons. The zero-order chi connectivity index (χ0) is 21.9. The number of carbonyl (C=O) groups excluding carboxylic acids is 1. The maximum Gasteiger partial charge on any atom is 0.241 e. The number of nitrogens with zero attached hydrogens (tertiary/aromatic N) is 1. The Hall–Kier alpha value is -2.78. The van der Waals surface area contributed by atoms with E-state index in [0.29, 0.717) is 41.5 Å². The zero-order valence-electron chi connectivity index (χ0n) is 17.5. The van der Waals surface area contributed by atoms with Crippen LogP contribution in [0.4, 0.5) is 5.69 Å². The minimum Gasteiger partial charge on any atom is -0.497 e. The molecule has 1 amide bonds. The zero-order valence-corrected chi connectivity index (χ0v) is 18.3. The van der Waals surface area contributed by atoms with E-state index in [1.54, 1.807) is 43.2 Å². The highest BCUT2D eigenvalue weighted by Crippen LogP contribution is 2.35. The Kier molecular flexibility index (Phi) is 6.52. The van der Waals surface area contributed by atoms with Crippen molar-refractivity contribution in [3.05, 3.63) is 42.0 Å². The first-order valence-corrected chi connectivity index (χ1v) is 11.0. The fourth-order valence-electron chi connectivity index (χ4n) is 3.49. The highest BCUT2D eigenvalue weighted by atomic mass is 32.2. The molecule has 0 unspecified atom stereocenters. The molecule has 1 aliphatic rings. The van der Waals surface area contributed by atoms with Crippen LogP contribution >= 0.6 is 0 Å². The first kappa shape index (κ1) is 21.9. The molecular weight excluding hydrogens is 408 g/mol. The number of hydrogen-bond acceptors (Lipinski definition) is 6. The summed E-state index contributed by atoms with van der Waals surface area (Å²) in [6.07, 6.45) is 1.16. The molecule has 1 fully saturated rings. The average molecular weight is 435 g/mol. The number of benzene rings is 2. The molecule has 30 heavy (non-hydrogen) atoms. The Balaban J connectivity index is 1.93. The number of methoxy groups -OCH3 is 3. The molecule has 0 aliphatic carbocycles. The molecule has 3 rings (SSSR count). The van der Waals surface area contributed by atoms with Gasteiger partial charge in [0, 0.05) is 24.6 Å². The SMILES string of the molecule is COc1ccc(OC)c([C@H](C)NS(=O)(=O)c2ccc(OC)c(N3CCCC3=O)c2)c1.